The van der Waals surface area contributed by atoms with Crippen molar-refractivity contribution in [2.24, 2.45) is 5.92 Å². The maximum Gasteiger partial charge on any atom is 0.113 e. The molecule has 2 rings (SSSR count). The zero-order valence-corrected chi connectivity index (χ0v) is 12.6. The minimum atomic E-state index is 0.189. The molecule has 1 heterocycles. The first-order chi connectivity index (χ1) is 8.80. The Morgan fingerprint density at radius 3 is 2.67 bits per heavy atom. The first kappa shape index (κ1) is 14.0. The molecule has 1 aliphatic carbocycles. The third-order valence-electron chi connectivity index (χ3n) is 4.21. The van der Waals surface area contributed by atoms with E-state index in [0.717, 1.165) is 12.5 Å². The zero-order chi connectivity index (χ0) is 12.8. The van der Waals surface area contributed by atoms with Crippen LogP contribution in [0.25, 0.3) is 0 Å². The van der Waals surface area contributed by atoms with Crippen LogP contribution < -0.4 is 5.32 Å². The van der Waals surface area contributed by atoms with Crippen molar-refractivity contribution in [1.82, 2.24) is 10.3 Å². The number of aromatic nitrogens is 1. The van der Waals surface area contributed by atoms with Crippen LogP contribution in [0.2, 0.25) is 0 Å². The normalized spacial score (nSPS) is 28.4. The molecule has 18 heavy (non-hydrogen) atoms. The Labute approximate surface area is 115 Å². The van der Waals surface area contributed by atoms with E-state index in [1.165, 1.54) is 50.0 Å². The molecule has 2 nitrogen and oxygen atoms in total. The number of thiazole rings is 1. The summed E-state index contributed by atoms with van der Waals surface area (Å²) in [7, 11) is 0. The van der Waals surface area contributed by atoms with E-state index in [9.17, 15) is 0 Å². The van der Waals surface area contributed by atoms with Gasteiger partial charge in [0, 0.05) is 11.6 Å². The summed E-state index contributed by atoms with van der Waals surface area (Å²) >= 11 is 1.82. The van der Waals surface area contributed by atoms with E-state index >= 15 is 0 Å². The summed E-state index contributed by atoms with van der Waals surface area (Å²) < 4.78 is 0. The van der Waals surface area contributed by atoms with Gasteiger partial charge in [-0.25, -0.2) is 4.98 Å². The highest BCUT2D eigenvalue weighted by Gasteiger charge is 2.37. The first-order valence-electron chi connectivity index (χ1n) is 7.45. The van der Waals surface area contributed by atoms with Crippen LogP contribution in [0.4, 0.5) is 0 Å². The van der Waals surface area contributed by atoms with Gasteiger partial charge in [-0.05, 0) is 44.6 Å². The van der Waals surface area contributed by atoms with E-state index in [2.05, 4.69) is 29.5 Å². The van der Waals surface area contributed by atoms with Gasteiger partial charge in [0.1, 0.15) is 5.01 Å². The van der Waals surface area contributed by atoms with Crippen LogP contribution in [0.5, 0.6) is 0 Å². The van der Waals surface area contributed by atoms with Gasteiger partial charge in [0.2, 0.25) is 0 Å². The van der Waals surface area contributed by atoms with Crippen molar-refractivity contribution < 1.29 is 0 Å². The summed E-state index contributed by atoms with van der Waals surface area (Å²) in [6.45, 7) is 5.65. The van der Waals surface area contributed by atoms with Crippen LogP contribution in [0, 0.1) is 5.92 Å². The van der Waals surface area contributed by atoms with E-state index in [1.807, 2.05) is 17.5 Å². The standard InChI is InChI=1S/C15H26N2S/c1-3-5-13-6-8-15(9-7-13,17-10-4-2)14-16-11-12-18-14/h11-13,17H,3-10H2,1-2H3. The first-order valence-corrected chi connectivity index (χ1v) is 8.33. The molecule has 0 bridgehead atoms. The fourth-order valence-electron chi connectivity index (χ4n) is 3.16. The lowest BCUT2D eigenvalue weighted by molar-refractivity contribution is 0.181. The molecule has 3 heteroatoms. The summed E-state index contributed by atoms with van der Waals surface area (Å²) in [5.41, 5.74) is 0.189. The molecule has 1 aliphatic rings. The van der Waals surface area contributed by atoms with Crippen molar-refractivity contribution in [1.29, 1.82) is 0 Å². The number of nitrogens with zero attached hydrogens (tertiary/aromatic N) is 1. The van der Waals surface area contributed by atoms with E-state index in [-0.39, 0.29) is 5.54 Å². The Kier molecular flexibility index (Phi) is 5.19. The van der Waals surface area contributed by atoms with E-state index in [1.54, 1.807) is 0 Å². The number of rotatable bonds is 6. The van der Waals surface area contributed by atoms with Crippen molar-refractivity contribution in [3.8, 4) is 0 Å². The molecule has 1 aromatic rings. The number of nitrogens with one attached hydrogen (secondary N) is 1. The molecular weight excluding hydrogens is 240 g/mol. The average molecular weight is 266 g/mol. The zero-order valence-electron chi connectivity index (χ0n) is 11.7. The highest BCUT2D eigenvalue weighted by molar-refractivity contribution is 7.09. The Morgan fingerprint density at radius 1 is 1.33 bits per heavy atom. The topological polar surface area (TPSA) is 24.9 Å². The summed E-state index contributed by atoms with van der Waals surface area (Å²) in [5.74, 6) is 0.950. The molecule has 0 unspecified atom stereocenters. The smallest absolute Gasteiger partial charge is 0.113 e. The Morgan fingerprint density at radius 2 is 2.11 bits per heavy atom. The lowest BCUT2D eigenvalue weighted by atomic mass is 9.75. The lowest BCUT2D eigenvalue weighted by Gasteiger charge is -2.39. The summed E-state index contributed by atoms with van der Waals surface area (Å²) in [6.07, 6.45) is 11.2. The largest absolute Gasteiger partial charge is 0.305 e. The average Bonchev–Trinajstić information content (AvgIpc) is 2.93. The van der Waals surface area contributed by atoms with Gasteiger partial charge in [-0.3, -0.25) is 0 Å². The van der Waals surface area contributed by atoms with Crippen LogP contribution in [-0.2, 0) is 5.54 Å². The van der Waals surface area contributed by atoms with Crippen LogP contribution >= 0.6 is 11.3 Å². The molecule has 0 spiro atoms. The number of hydrogen-bond donors (Lipinski definition) is 1. The van der Waals surface area contributed by atoms with Crippen molar-refractivity contribution in [2.75, 3.05) is 6.54 Å². The van der Waals surface area contributed by atoms with Crippen LogP contribution in [-0.4, -0.2) is 11.5 Å². The third-order valence-corrected chi connectivity index (χ3v) is 5.19. The van der Waals surface area contributed by atoms with Crippen LogP contribution in [0.3, 0.4) is 0 Å². The Hall–Kier alpha value is -0.410. The van der Waals surface area contributed by atoms with E-state index in [4.69, 9.17) is 0 Å². The van der Waals surface area contributed by atoms with Crippen molar-refractivity contribution >= 4 is 11.3 Å². The highest BCUT2D eigenvalue weighted by atomic mass is 32.1. The third kappa shape index (κ3) is 3.12. The van der Waals surface area contributed by atoms with Gasteiger partial charge in [0.15, 0.2) is 0 Å². The molecule has 0 aliphatic heterocycles. The second kappa shape index (κ2) is 6.67. The molecule has 1 N–H and O–H groups in total. The fraction of sp³-hybridized carbons (Fsp3) is 0.800. The lowest BCUT2D eigenvalue weighted by Crippen LogP contribution is -2.45. The van der Waals surface area contributed by atoms with Gasteiger partial charge in [0.25, 0.3) is 0 Å². The minimum absolute atomic E-state index is 0.189. The predicted molar refractivity (Wildman–Crippen MR) is 79.0 cm³/mol. The molecule has 0 saturated heterocycles. The summed E-state index contributed by atoms with van der Waals surface area (Å²) in [5, 5.41) is 7.22. The molecule has 1 saturated carbocycles. The van der Waals surface area contributed by atoms with Crippen molar-refractivity contribution in [3.63, 3.8) is 0 Å². The fourth-order valence-corrected chi connectivity index (χ4v) is 4.03. The van der Waals surface area contributed by atoms with Crippen LogP contribution in [0.1, 0.15) is 63.8 Å². The molecule has 102 valence electrons. The second-order valence-corrected chi connectivity index (χ2v) is 6.47. The van der Waals surface area contributed by atoms with Gasteiger partial charge >= 0.3 is 0 Å². The minimum Gasteiger partial charge on any atom is -0.305 e. The highest BCUT2D eigenvalue weighted by Crippen LogP contribution is 2.41. The number of hydrogen-bond acceptors (Lipinski definition) is 3. The SMILES string of the molecule is CCCNC1(c2nccs2)CCC(CCC)CC1. The maximum atomic E-state index is 4.59. The van der Waals surface area contributed by atoms with Gasteiger partial charge < -0.3 is 5.32 Å². The van der Waals surface area contributed by atoms with Crippen LogP contribution in [0.15, 0.2) is 11.6 Å². The van der Waals surface area contributed by atoms with Gasteiger partial charge in [-0.15, -0.1) is 11.3 Å². The van der Waals surface area contributed by atoms with Crippen molar-refractivity contribution in [2.45, 2.75) is 64.3 Å². The van der Waals surface area contributed by atoms with Gasteiger partial charge in [-0.1, -0.05) is 26.7 Å². The Bertz CT molecular complexity index is 326. The molecule has 0 aromatic carbocycles. The summed E-state index contributed by atoms with van der Waals surface area (Å²) in [4.78, 5) is 4.59. The second-order valence-electron chi connectivity index (χ2n) is 5.58. The Balaban J connectivity index is 2.04. The molecule has 0 amide bonds. The van der Waals surface area contributed by atoms with Crippen molar-refractivity contribution in [3.05, 3.63) is 16.6 Å². The molecule has 1 aromatic heterocycles. The molecule has 1 fully saturated rings. The van der Waals surface area contributed by atoms with E-state index < -0.39 is 0 Å². The molecule has 0 atom stereocenters. The van der Waals surface area contributed by atoms with Gasteiger partial charge in [-0.2, -0.15) is 0 Å². The maximum absolute atomic E-state index is 4.59. The molecule has 0 radical (unpaired) electrons. The monoisotopic (exact) mass is 266 g/mol. The predicted octanol–water partition coefficient (Wildman–Crippen LogP) is 4.33. The van der Waals surface area contributed by atoms with E-state index in [0.29, 0.717) is 0 Å². The quantitative estimate of drug-likeness (QED) is 0.829. The molecular formula is C15H26N2S. The summed E-state index contributed by atoms with van der Waals surface area (Å²) in [6, 6.07) is 0. The van der Waals surface area contributed by atoms with Gasteiger partial charge in [0.05, 0.1) is 5.54 Å².